The highest BCUT2D eigenvalue weighted by Crippen LogP contribution is 2.35. The zero-order chi connectivity index (χ0) is 22.9. The number of rotatable bonds is 5. The molecule has 0 amide bonds. The molecule has 6 nitrogen and oxygen atoms in total. The Morgan fingerprint density at radius 2 is 2.03 bits per heavy atom. The van der Waals surface area contributed by atoms with Crippen LogP contribution in [0.5, 0.6) is 5.75 Å². The summed E-state index contributed by atoms with van der Waals surface area (Å²) in [7, 11) is 1.48. The molecular weight excluding hydrogens is 448 g/mol. The van der Waals surface area contributed by atoms with Crippen LogP contribution in [-0.4, -0.2) is 34.7 Å². The lowest BCUT2D eigenvalue weighted by molar-refractivity contribution is -0.134. The number of alkyl halides is 3. The van der Waals surface area contributed by atoms with Gasteiger partial charge in [0.1, 0.15) is 22.8 Å². The predicted octanol–water partition coefficient (Wildman–Crippen LogP) is 4.21. The van der Waals surface area contributed by atoms with Gasteiger partial charge in [0, 0.05) is 29.6 Å². The third-order valence-corrected chi connectivity index (χ3v) is 6.14. The second kappa shape index (κ2) is 8.73. The maximum Gasteiger partial charge on any atom is 0.425 e. The van der Waals surface area contributed by atoms with Crippen molar-refractivity contribution in [1.29, 1.82) is 0 Å². The molecule has 4 rings (SSSR count). The Morgan fingerprint density at radius 1 is 1.22 bits per heavy atom. The average molecular weight is 466 g/mol. The third-order valence-electron chi connectivity index (χ3n) is 5.02. The fraction of sp³-hybridized carbons (Fsp3) is 0.286. The molecule has 0 bridgehead atoms. The van der Waals surface area contributed by atoms with Gasteiger partial charge in [0.05, 0.1) is 13.7 Å². The average Bonchev–Trinajstić information content (AvgIpc) is 3.24. The van der Waals surface area contributed by atoms with E-state index in [1.54, 1.807) is 6.07 Å². The highest BCUT2D eigenvalue weighted by molar-refractivity contribution is 7.12. The Balaban J connectivity index is 1.47. The summed E-state index contributed by atoms with van der Waals surface area (Å²) in [5, 5.41) is 0. The number of aromatic nitrogens is 3. The van der Waals surface area contributed by atoms with Gasteiger partial charge in [-0.05, 0) is 36.3 Å². The summed E-state index contributed by atoms with van der Waals surface area (Å²) in [6.45, 7) is 0.948. The van der Waals surface area contributed by atoms with Crippen molar-refractivity contribution in [3.05, 3.63) is 74.4 Å². The Labute approximate surface area is 184 Å². The monoisotopic (exact) mass is 466 g/mol. The summed E-state index contributed by atoms with van der Waals surface area (Å²) in [5.41, 5.74) is 1.20. The Bertz CT molecular complexity index is 1220. The number of hydrogen-bond acceptors (Lipinski definition) is 6. The minimum atomic E-state index is -4.41. The van der Waals surface area contributed by atoms with Gasteiger partial charge in [-0.3, -0.25) is 4.57 Å². The van der Waals surface area contributed by atoms with Gasteiger partial charge in [0.2, 0.25) is 5.95 Å². The van der Waals surface area contributed by atoms with Crippen molar-refractivity contribution in [2.75, 3.05) is 25.1 Å². The van der Waals surface area contributed by atoms with Crippen molar-refractivity contribution in [3.8, 4) is 5.75 Å². The highest BCUT2D eigenvalue weighted by Gasteiger charge is 2.32. The van der Waals surface area contributed by atoms with E-state index in [2.05, 4.69) is 9.97 Å². The van der Waals surface area contributed by atoms with Crippen LogP contribution >= 0.6 is 11.3 Å². The topological polar surface area (TPSA) is 60.2 Å². The molecule has 11 heteroatoms. The van der Waals surface area contributed by atoms with E-state index >= 15 is 0 Å². The Morgan fingerprint density at radius 3 is 2.66 bits per heavy atom. The molecule has 0 aliphatic carbocycles. The van der Waals surface area contributed by atoms with E-state index < -0.39 is 16.7 Å². The summed E-state index contributed by atoms with van der Waals surface area (Å²) in [6.07, 6.45) is -0.561. The zero-order valence-corrected chi connectivity index (χ0v) is 17.7. The maximum atomic E-state index is 13.4. The molecule has 0 saturated heterocycles. The van der Waals surface area contributed by atoms with E-state index in [4.69, 9.17) is 4.74 Å². The second-order valence-corrected chi connectivity index (χ2v) is 8.27. The number of anilines is 1. The van der Waals surface area contributed by atoms with E-state index in [-0.39, 0.29) is 18.3 Å². The van der Waals surface area contributed by atoms with E-state index in [9.17, 15) is 22.4 Å². The van der Waals surface area contributed by atoms with Crippen LogP contribution < -0.4 is 15.3 Å². The minimum Gasteiger partial charge on any atom is -0.496 e. The predicted molar refractivity (Wildman–Crippen MR) is 112 cm³/mol. The van der Waals surface area contributed by atoms with Gasteiger partial charge < -0.3 is 9.64 Å². The summed E-state index contributed by atoms with van der Waals surface area (Å²) in [6, 6.07) is 6.71. The fourth-order valence-corrected chi connectivity index (χ4v) is 4.29. The van der Waals surface area contributed by atoms with Crippen molar-refractivity contribution in [2.24, 2.45) is 0 Å². The van der Waals surface area contributed by atoms with Crippen LogP contribution in [0.3, 0.4) is 0 Å². The first-order valence-electron chi connectivity index (χ1n) is 9.62. The second-order valence-electron chi connectivity index (χ2n) is 7.10. The summed E-state index contributed by atoms with van der Waals surface area (Å²) in [5.74, 6) is 0.315. The molecular formula is C21H18F4N4O2S. The van der Waals surface area contributed by atoms with Crippen molar-refractivity contribution >= 4 is 22.9 Å². The molecule has 2 aromatic heterocycles. The number of halogens is 4. The van der Waals surface area contributed by atoms with Crippen LogP contribution in [0, 0.1) is 5.82 Å². The zero-order valence-electron chi connectivity index (χ0n) is 16.9. The number of ether oxygens (including phenoxy) is 1. The molecule has 168 valence electrons. The Kier molecular flexibility index (Phi) is 6.00. The van der Waals surface area contributed by atoms with Gasteiger partial charge in [0.25, 0.3) is 0 Å². The number of methoxy groups -OCH3 is 1. The van der Waals surface area contributed by atoms with Crippen LogP contribution in [0.4, 0.5) is 23.5 Å². The summed E-state index contributed by atoms with van der Waals surface area (Å²) in [4.78, 5) is 22.1. The van der Waals surface area contributed by atoms with Crippen LogP contribution in [-0.2, 0) is 12.7 Å². The molecule has 1 aliphatic heterocycles. The molecule has 0 saturated carbocycles. The van der Waals surface area contributed by atoms with Crippen molar-refractivity contribution < 1.29 is 22.3 Å². The van der Waals surface area contributed by atoms with Gasteiger partial charge in [0.15, 0.2) is 0 Å². The van der Waals surface area contributed by atoms with Gasteiger partial charge in [-0.25, -0.2) is 14.2 Å². The molecule has 1 aliphatic rings. The van der Waals surface area contributed by atoms with Crippen molar-refractivity contribution in [2.45, 2.75) is 19.1 Å². The molecule has 32 heavy (non-hydrogen) atoms. The third kappa shape index (κ3) is 4.67. The first-order chi connectivity index (χ1) is 15.2. The lowest BCUT2D eigenvalue weighted by Gasteiger charge is -2.27. The van der Waals surface area contributed by atoms with E-state index in [0.717, 1.165) is 17.2 Å². The fourth-order valence-electron chi connectivity index (χ4n) is 3.42. The van der Waals surface area contributed by atoms with Gasteiger partial charge in [-0.15, -0.1) is 11.3 Å². The lowest BCUT2D eigenvalue weighted by atomic mass is 9.98. The molecule has 0 fully saturated rings. The normalized spacial score (nSPS) is 14.4. The maximum absolute atomic E-state index is 13.4. The quantitative estimate of drug-likeness (QED) is 0.528. The summed E-state index contributed by atoms with van der Waals surface area (Å²) < 4.78 is 58.1. The molecule has 3 aromatic rings. The SMILES string of the molecule is COc1cc(F)ccc1C1=CCN(c2ncn(Cc3ccc(C(F)(F)F)s3)c(=O)n2)CC1. The molecule has 1 aromatic carbocycles. The first kappa shape index (κ1) is 22.0. The largest absolute Gasteiger partial charge is 0.496 e. The standard InChI is InChI=1S/C21H18F4N4O2S/c1-31-17-10-14(22)2-4-16(17)13-6-8-28(9-7-13)19-26-12-29(20(30)27-19)11-15-3-5-18(32-15)21(23,24)25/h2-6,10,12H,7-9,11H2,1H3. The van der Waals surface area contributed by atoms with Crippen LogP contribution in [0.25, 0.3) is 5.57 Å². The number of benzene rings is 1. The van der Waals surface area contributed by atoms with Crippen LogP contribution in [0.2, 0.25) is 0 Å². The number of nitrogens with zero attached hydrogens (tertiary/aromatic N) is 4. The summed E-state index contributed by atoms with van der Waals surface area (Å²) >= 11 is 0.585. The van der Waals surface area contributed by atoms with E-state index in [0.29, 0.717) is 41.5 Å². The van der Waals surface area contributed by atoms with Gasteiger partial charge >= 0.3 is 11.9 Å². The molecule has 0 N–H and O–H groups in total. The molecule has 3 heterocycles. The molecule has 0 unspecified atom stereocenters. The van der Waals surface area contributed by atoms with E-state index in [1.165, 1.54) is 36.2 Å². The molecule has 0 spiro atoms. The van der Waals surface area contributed by atoms with E-state index in [1.807, 2.05) is 11.0 Å². The minimum absolute atomic E-state index is 0.0335. The highest BCUT2D eigenvalue weighted by atomic mass is 32.1. The first-order valence-corrected chi connectivity index (χ1v) is 10.4. The van der Waals surface area contributed by atoms with Gasteiger partial charge in [-0.1, -0.05) is 6.08 Å². The Hall–Kier alpha value is -3.21. The van der Waals surface area contributed by atoms with Crippen LogP contribution in [0.15, 0.2) is 47.5 Å². The van der Waals surface area contributed by atoms with Crippen LogP contribution in [0.1, 0.15) is 21.7 Å². The molecule has 0 atom stereocenters. The number of thiophene rings is 1. The molecule has 0 radical (unpaired) electrons. The van der Waals surface area contributed by atoms with Gasteiger partial charge in [-0.2, -0.15) is 18.2 Å². The van der Waals surface area contributed by atoms with Crippen molar-refractivity contribution in [1.82, 2.24) is 14.5 Å². The number of hydrogen-bond donors (Lipinski definition) is 0. The van der Waals surface area contributed by atoms with Crippen molar-refractivity contribution in [3.63, 3.8) is 0 Å². The lowest BCUT2D eigenvalue weighted by Crippen LogP contribution is -2.34. The smallest absolute Gasteiger partial charge is 0.425 e.